The van der Waals surface area contributed by atoms with Gasteiger partial charge in [0.05, 0.1) is 0 Å². The third kappa shape index (κ3) is 12.4. The average Bonchev–Trinajstić information content (AvgIpc) is 1.63. The van der Waals surface area contributed by atoms with Crippen LogP contribution in [0.25, 0.3) is 219 Å². The monoisotopic (exact) mass is 1470 g/mol. The van der Waals surface area contributed by atoms with Gasteiger partial charge < -0.3 is 22.1 Å². The van der Waals surface area contributed by atoms with E-state index in [1.807, 2.05) is 42.5 Å². The van der Waals surface area contributed by atoms with E-state index in [9.17, 15) is 0 Å². The molecule has 115 heavy (non-hydrogen) atoms. The first-order chi connectivity index (χ1) is 57.0. The quantitative estimate of drug-likeness (QED) is 0.172. The molecule has 0 amide bonds. The summed E-state index contributed by atoms with van der Waals surface area (Å²) in [7, 11) is 0. The largest absolute Gasteiger partial charge is 0.456 e. The Kier molecular flexibility index (Phi) is 17.2. The molecule has 20 aromatic carbocycles. The van der Waals surface area contributed by atoms with E-state index in [4.69, 9.17) is 22.1 Å². The average molecular weight is 1470 g/mol. The number of hydrogen-bond acceptors (Lipinski definition) is 5. The van der Waals surface area contributed by atoms with Gasteiger partial charge in [-0.3, -0.25) is 0 Å². The summed E-state index contributed by atoms with van der Waals surface area (Å²) >= 11 is 0. The van der Waals surface area contributed by atoms with Gasteiger partial charge in [-0.25, -0.2) is 0 Å². The predicted molar refractivity (Wildman–Crippen MR) is 483 cm³/mol. The minimum atomic E-state index is 0.941. The number of furan rings is 5. The van der Waals surface area contributed by atoms with Crippen LogP contribution in [-0.4, -0.2) is 0 Å². The SMILES string of the molecule is c1ccc(-c2cc3ccccc3c3c2oc2ccccc23)cc1.c1ccc(-c2ccc3c(c2)oc2ccc4ccccc4c23)cc1.c1ccc(-c2ccc3oc4ccc5ccccc5c4c3c2)cc1.c1ccc(-c2cccc3c2oc2ccc4ccccc4c23)cc1.c1ccc(-c2cccc3oc4ccc5ccccc5c4c23)cc1. The molecule has 5 heteroatoms. The minimum absolute atomic E-state index is 0.941. The van der Waals surface area contributed by atoms with Crippen molar-refractivity contribution in [3.63, 3.8) is 0 Å². The van der Waals surface area contributed by atoms with Gasteiger partial charge in [-0.2, -0.15) is 0 Å². The molecule has 0 aliphatic heterocycles. The van der Waals surface area contributed by atoms with E-state index in [0.717, 1.165) is 67.0 Å². The topological polar surface area (TPSA) is 65.7 Å². The second-order valence-electron chi connectivity index (χ2n) is 29.1. The Hall–Kier alpha value is -15.3. The van der Waals surface area contributed by atoms with Gasteiger partial charge in [0.15, 0.2) is 0 Å². The zero-order valence-corrected chi connectivity index (χ0v) is 62.5. The van der Waals surface area contributed by atoms with Gasteiger partial charge in [0.25, 0.3) is 0 Å². The van der Waals surface area contributed by atoms with Crippen molar-refractivity contribution >= 4 is 164 Å². The van der Waals surface area contributed by atoms with Gasteiger partial charge in [-0.1, -0.05) is 358 Å². The normalized spacial score (nSPS) is 11.5. The maximum Gasteiger partial charge on any atom is 0.143 e. The van der Waals surface area contributed by atoms with Crippen LogP contribution in [0.15, 0.2) is 447 Å². The maximum absolute atomic E-state index is 6.25. The van der Waals surface area contributed by atoms with Crippen LogP contribution in [0.3, 0.4) is 0 Å². The third-order valence-corrected chi connectivity index (χ3v) is 22.3. The summed E-state index contributed by atoms with van der Waals surface area (Å²) in [6.07, 6.45) is 0. The second-order valence-corrected chi connectivity index (χ2v) is 29.1. The molecule has 540 valence electrons. The number of fused-ring (bicyclic) bond motifs is 25. The van der Waals surface area contributed by atoms with E-state index >= 15 is 0 Å². The van der Waals surface area contributed by atoms with Gasteiger partial charge in [-0.05, 0) is 165 Å². The van der Waals surface area contributed by atoms with Crippen LogP contribution in [-0.2, 0) is 0 Å². The van der Waals surface area contributed by atoms with Crippen molar-refractivity contribution in [2.45, 2.75) is 0 Å². The highest BCUT2D eigenvalue weighted by Gasteiger charge is 2.20. The van der Waals surface area contributed by atoms with Crippen molar-refractivity contribution < 1.29 is 22.1 Å². The first-order valence-corrected chi connectivity index (χ1v) is 39.0. The molecule has 0 bridgehead atoms. The van der Waals surface area contributed by atoms with Crippen LogP contribution < -0.4 is 0 Å². The van der Waals surface area contributed by atoms with Gasteiger partial charge in [0.2, 0.25) is 0 Å². The summed E-state index contributed by atoms with van der Waals surface area (Å²) in [5.41, 5.74) is 21.4. The highest BCUT2D eigenvalue weighted by molar-refractivity contribution is 6.26. The lowest BCUT2D eigenvalue weighted by Gasteiger charge is -2.06. The van der Waals surface area contributed by atoms with Crippen LogP contribution in [0.2, 0.25) is 0 Å². The second kappa shape index (κ2) is 29.2. The van der Waals surface area contributed by atoms with Gasteiger partial charge >= 0.3 is 0 Å². The maximum atomic E-state index is 6.25. The van der Waals surface area contributed by atoms with Crippen LogP contribution in [0, 0.1) is 0 Å². The first kappa shape index (κ1) is 67.8. The van der Waals surface area contributed by atoms with E-state index in [-0.39, 0.29) is 0 Å². The Balaban J connectivity index is 0.0000000900. The standard InChI is InChI=1S/5C22H14O/c1-2-8-15(9-3-1)19-14-16-10-4-5-11-17(16)21-18-12-6-7-13-20(18)23-22(19)21;1-2-7-15(8-3-1)18-11-6-12-19-21(18)22-17-10-5-4-9-16(17)13-14-20(22)23-19;1-2-7-15(8-3-1)18-11-6-12-19-21-17-10-5-4-9-16(17)13-14-20(21)23-22(18)19;1-2-6-15(7-3-1)17-11-12-20-19(14-17)22-18-9-5-4-8-16(18)10-13-21(22)23-20;1-2-6-15(7-3-1)17-10-12-19-21(14-17)23-20-13-11-16-8-4-5-9-18(16)22(19)20/h5*1-14H. The first-order valence-electron chi connectivity index (χ1n) is 39.0. The van der Waals surface area contributed by atoms with E-state index in [2.05, 4.69) is 382 Å². The van der Waals surface area contributed by atoms with E-state index in [1.54, 1.807) is 0 Å². The van der Waals surface area contributed by atoms with Crippen molar-refractivity contribution in [3.05, 3.63) is 425 Å². The number of benzene rings is 20. The van der Waals surface area contributed by atoms with Gasteiger partial charge in [0.1, 0.15) is 55.8 Å². The van der Waals surface area contributed by atoms with Crippen molar-refractivity contribution in [1.29, 1.82) is 0 Å². The molecule has 0 atom stereocenters. The smallest absolute Gasteiger partial charge is 0.143 e. The van der Waals surface area contributed by atoms with Gasteiger partial charge in [0, 0.05) is 65.0 Å². The summed E-state index contributed by atoms with van der Waals surface area (Å²) in [5, 5.41) is 24.4. The molecule has 0 saturated carbocycles. The van der Waals surface area contributed by atoms with Gasteiger partial charge in [-0.15, -0.1) is 0 Å². The molecule has 0 aliphatic rings. The number of rotatable bonds is 5. The lowest BCUT2D eigenvalue weighted by Crippen LogP contribution is -1.81. The zero-order chi connectivity index (χ0) is 76.1. The molecular formula is C110H70O5. The lowest BCUT2D eigenvalue weighted by molar-refractivity contribution is 0.669. The zero-order valence-electron chi connectivity index (χ0n) is 62.5. The molecule has 0 fully saturated rings. The van der Waals surface area contributed by atoms with E-state index in [1.165, 1.54) is 152 Å². The predicted octanol–water partition coefficient (Wildman–Crippen LogP) is 32.0. The Bertz CT molecular complexity index is 7870. The molecule has 0 N–H and O–H groups in total. The summed E-state index contributed by atoms with van der Waals surface area (Å²) in [4.78, 5) is 0. The molecule has 0 spiro atoms. The summed E-state index contributed by atoms with van der Waals surface area (Å²) in [6.45, 7) is 0. The summed E-state index contributed by atoms with van der Waals surface area (Å²) in [5.74, 6) is 0. The fraction of sp³-hybridized carbons (Fsp3) is 0. The van der Waals surface area contributed by atoms with Crippen LogP contribution in [0.5, 0.6) is 0 Å². The molecule has 0 radical (unpaired) electrons. The fourth-order valence-corrected chi connectivity index (χ4v) is 17.0. The molecular weight excluding hydrogens is 1400 g/mol. The van der Waals surface area contributed by atoms with Crippen LogP contribution in [0.1, 0.15) is 0 Å². The van der Waals surface area contributed by atoms with Crippen molar-refractivity contribution in [2.75, 3.05) is 0 Å². The Morgan fingerprint density at radius 1 is 0.122 bits per heavy atom. The highest BCUT2D eigenvalue weighted by Crippen LogP contribution is 2.45. The molecule has 25 aromatic rings. The van der Waals surface area contributed by atoms with E-state index in [0.29, 0.717) is 0 Å². The van der Waals surface area contributed by atoms with Crippen molar-refractivity contribution in [1.82, 2.24) is 0 Å². The number of hydrogen-bond donors (Lipinski definition) is 0. The van der Waals surface area contributed by atoms with Crippen molar-refractivity contribution in [2.24, 2.45) is 0 Å². The van der Waals surface area contributed by atoms with Crippen LogP contribution >= 0.6 is 0 Å². The Morgan fingerprint density at radius 3 is 1.02 bits per heavy atom. The molecule has 0 unspecified atom stereocenters. The van der Waals surface area contributed by atoms with E-state index < -0.39 is 0 Å². The van der Waals surface area contributed by atoms with Crippen LogP contribution in [0.4, 0.5) is 0 Å². The lowest BCUT2D eigenvalue weighted by atomic mass is 9.96. The molecule has 25 rings (SSSR count). The fourth-order valence-electron chi connectivity index (χ4n) is 17.0. The highest BCUT2D eigenvalue weighted by atomic mass is 16.3. The molecule has 5 heterocycles. The third-order valence-electron chi connectivity index (χ3n) is 22.3. The summed E-state index contributed by atoms with van der Waals surface area (Å²) in [6, 6.07) is 148. The Morgan fingerprint density at radius 2 is 0.452 bits per heavy atom. The molecule has 5 nitrogen and oxygen atoms in total. The molecule has 0 saturated heterocycles. The molecule has 5 aromatic heterocycles. The molecule has 0 aliphatic carbocycles. The number of para-hydroxylation sites is 2. The minimum Gasteiger partial charge on any atom is -0.456 e. The van der Waals surface area contributed by atoms with Crippen molar-refractivity contribution in [3.8, 4) is 55.6 Å². The Labute approximate surface area is 661 Å². The summed E-state index contributed by atoms with van der Waals surface area (Å²) < 4.78 is 30.8.